The van der Waals surface area contributed by atoms with E-state index >= 15 is 0 Å². The van der Waals surface area contributed by atoms with E-state index in [4.69, 9.17) is 16.3 Å². The van der Waals surface area contributed by atoms with E-state index in [0.717, 1.165) is 16.9 Å². The Bertz CT molecular complexity index is 523. The maximum atomic E-state index is 9.30. The molecule has 0 aliphatic carbocycles. The van der Waals surface area contributed by atoms with Crippen LogP contribution in [-0.4, -0.2) is 5.11 Å². The smallest absolute Gasteiger partial charge is 0.121 e. The summed E-state index contributed by atoms with van der Waals surface area (Å²) in [7, 11) is 0. The number of hydrogen-bond acceptors (Lipinski definition) is 2. The highest BCUT2D eigenvalue weighted by atomic mass is 35.5. The summed E-state index contributed by atoms with van der Waals surface area (Å²) in [6.07, 6.45) is 0. The summed E-state index contributed by atoms with van der Waals surface area (Å²) in [6.45, 7) is 2.41. The average Bonchev–Trinajstić information content (AvgIpc) is 2.28. The van der Waals surface area contributed by atoms with Gasteiger partial charge in [0, 0.05) is 5.02 Å². The van der Waals surface area contributed by atoms with Gasteiger partial charge in [0.25, 0.3) is 0 Å². The number of aryl methyl sites for hydroxylation is 1. The van der Waals surface area contributed by atoms with E-state index in [1.165, 1.54) is 0 Å². The minimum Gasteiger partial charge on any atom is -0.508 e. The summed E-state index contributed by atoms with van der Waals surface area (Å²) in [6, 6.07) is 12.5. The number of phenolic OH excluding ortho intramolecular Hbond substituents is 1. The molecule has 0 radical (unpaired) electrons. The van der Waals surface area contributed by atoms with E-state index in [1.807, 2.05) is 25.1 Å². The molecule has 0 amide bonds. The molecule has 0 spiro atoms. The van der Waals surface area contributed by atoms with Gasteiger partial charge in [0.05, 0.1) is 0 Å². The fraction of sp³-hybridized carbons (Fsp3) is 0.143. The molecule has 0 aromatic heterocycles. The minimum atomic E-state index is 0.272. The zero-order chi connectivity index (χ0) is 12.3. The molecule has 0 aliphatic rings. The molecular formula is C14H13ClO2. The third-order valence-corrected chi connectivity index (χ3v) is 2.75. The molecule has 0 saturated carbocycles. The minimum absolute atomic E-state index is 0.272. The Morgan fingerprint density at radius 2 is 2.00 bits per heavy atom. The Morgan fingerprint density at radius 3 is 2.71 bits per heavy atom. The lowest BCUT2D eigenvalue weighted by atomic mass is 10.1. The van der Waals surface area contributed by atoms with Gasteiger partial charge < -0.3 is 9.84 Å². The molecule has 2 rings (SSSR count). The van der Waals surface area contributed by atoms with Crippen LogP contribution in [0.1, 0.15) is 11.1 Å². The first-order valence-electron chi connectivity index (χ1n) is 5.32. The molecular weight excluding hydrogens is 236 g/mol. The van der Waals surface area contributed by atoms with E-state index in [-0.39, 0.29) is 5.75 Å². The highest BCUT2D eigenvalue weighted by molar-refractivity contribution is 6.30. The van der Waals surface area contributed by atoms with Crippen molar-refractivity contribution in [1.82, 2.24) is 0 Å². The highest BCUT2D eigenvalue weighted by Gasteiger charge is 2.01. The molecule has 2 aromatic rings. The molecule has 0 heterocycles. The molecule has 2 aromatic carbocycles. The lowest BCUT2D eigenvalue weighted by Gasteiger charge is -2.09. The molecule has 17 heavy (non-hydrogen) atoms. The second-order valence-electron chi connectivity index (χ2n) is 3.86. The van der Waals surface area contributed by atoms with Crippen molar-refractivity contribution in [1.29, 1.82) is 0 Å². The number of ether oxygens (including phenoxy) is 1. The second kappa shape index (κ2) is 5.11. The number of aromatic hydroxyl groups is 1. The number of hydrogen-bond donors (Lipinski definition) is 1. The van der Waals surface area contributed by atoms with Gasteiger partial charge in [-0.25, -0.2) is 0 Å². The Balaban J connectivity index is 2.07. The van der Waals surface area contributed by atoms with Crippen molar-refractivity contribution in [3.8, 4) is 11.5 Å². The molecule has 0 bridgehead atoms. The lowest BCUT2D eigenvalue weighted by molar-refractivity contribution is 0.305. The topological polar surface area (TPSA) is 29.5 Å². The van der Waals surface area contributed by atoms with Crippen LogP contribution < -0.4 is 4.74 Å². The molecule has 0 unspecified atom stereocenters. The highest BCUT2D eigenvalue weighted by Crippen LogP contribution is 2.20. The van der Waals surface area contributed by atoms with Gasteiger partial charge in [0.2, 0.25) is 0 Å². The summed E-state index contributed by atoms with van der Waals surface area (Å²) in [5, 5.41) is 9.96. The Hall–Kier alpha value is -1.67. The number of benzene rings is 2. The zero-order valence-electron chi connectivity index (χ0n) is 9.48. The summed E-state index contributed by atoms with van der Waals surface area (Å²) in [5.41, 5.74) is 2.05. The predicted molar refractivity (Wildman–Crippen MR) is 68.6 cm³/mol. The van der Waals surface area contributed by atoms with Crippen LogP contribution in [0.15, 0.2) is 42.5 Å². The molecule has 0 saturated heterocycles. The van der Waals surface area contributed by atoms with Crippen LogP contribution in [0.3, 0.4) is 0 Å². The van der Waals surface area contributed by atoms with Crippen LogP contribution in [-0.2, 0) is 6.61 Å². The molecule has 0 fully saturated rings. The number of rotatable bonds is 3. The average molecular weight is 249 g/mol. The summed E-state index contributed by atoms with van der Waals surface area (Å²) in [4.78, 5) is 0. The van der Waals surface area contributed by atoms with E-state index in [9.17, 15) is 5.11 Å². The SMILES string of the molecule is Cc1cc(O)ccc1COc1cccc(Cl)c1. The first-order valence-corrected chi connectivity index (χ1v) is 5.70. The maximum absolute atomic E-state index is 9.30. The van der Waals surface area contributed by atoms with Crippen LogP contribution in [0.2, 0.25) is 5.02 Å². The molecule has 1 N–H and O–H groups in total. The second-order valence-corrected chi connectivity index (χ2v) is 4.29. The Morgan fingerprint density at radius 1 is 1.18 bits per heavy atom. The van der Waals surface area contributed by atoms with Crippen LogP contribution in [0.5, 0.6) is 11.5 Å². The van der Waals surface area contributed by atoms with E-state index in [2.05, 4.69) is 0 Å². The third-order valence-electron chi connectivity index (χ3n) is 2.52. The largest absolute Gasteiger partial charge is 0.508 e. The normalized spacial score (nSPS) is 10.2. The van der Waals surface area contributed by atoms with Gasteiger partial charge in [-0.2, -0.15) is 0 Å². The summed E-state index contributed by atoms with van der Waals surface area (Å²) in [5.74, 6) is 1.01. The van der Waals surface area contributed by atoms with Crippen LogP contribution >= 0.6 is 11.6 Å². The van der Waals surface area contributed by atoms with Crippen molar-refractivity contribution in [2.45, 2.75) is 13.5 Å². The molecule has 88 valence electrons. The number of phenols is 1. The van der Waals surface area contributed by atoms with Gasteiger partial charge >= 0.3 is 0 Å². The molecule has 3 heteroatoms. The number of halogens is 1. The molecule has 0 aliphatic heterocycles. The maximum Gasteiger partial charge on any atom is 0.121 e. The first-order chi connectivity index (χ1) is 8.15. The van der Waals surface area contributed by atoms with Crippen molar-refractivity contribution in [3.05, 3.63) is 58.6 Å². The van der Waals surface area contributed by atoms with Crippen molar-refractivity contribution in [2.24, 2.45) is 0 Å². The van der Waals surface area contributed by atoms with Crippen LogP contribution in [0, 0.1) is 6.92 Å². The van der Waals surface area contributed by atoms with Crippen molar-refractivity contribution in [2.75, 3.05) is 0 Å². The zero-order valence-corrected chi connectivity index (χ0v) is 10.2. The fourth-order valence-corrected chi connectivity index (χ4v) is 1.74. The van der Waals surface area contributed by atoms with Gasteiger partial charge in [-0.1, -0.05) is 23.7 Å². The first kappa shape index (κ1) is 11.8. The van der Waals surface area contributed by atoms with Gasteiger partial charge in [0.1, 0.15) is 18.1 Å². The monoisotopic (exact) mass is 248 g/mol. The summed E-state index contributed by atoms with van der Waals surface area (Å²) < 4.78 is 5.63. The van der Waals surface area contributed by atoms with E-state index < -0.39 is 0 Å². The standard InChI is InChI=1S/C14H13ClO2/c1-10-7-13(16)6-5-11(10)9-17-14-4-2-3-12(15)8-14/h2-8,16H,9H2,1H3. The van der Waals surface area contributed by atoms with Gasteiger partial charge in [-0.15, -0.1) is 0 Å². The predicted octanol–water partition coefficient (Wildman–Crippen LogP) is 3.93. The lowest BCUT2D eigenvalue weighted by Crippen LogP contribution is -1.97. The summed E-state index contributed by atoms with van der Waals surface area (Å²) >= 11 is 5.87. The van der Waals surface area contributed by atoms with Crippen LogP contribution in [0.4, 0.5) is 0 Å². The van der Waals surface area contributed by atoms with E-state index in [1.54, 1.807) is 24.3 Å². The third kappa shape index (κ3) is 3.14. The quantitative estimate of drug-likeness (QED) is 0.892. The van der Waals surface area contributed by atoms with E-state index in [0.29, 0.717) is 11.6 Å². The van der Waals surface area contributed by atoms with Crippen LogP contribution in [0.25, 0.3) is 0 Å². The van der Waals surface area contributed by atoms with Gasteiger partial charge in [0.15, 0.2) is 0 Å². The van der Waals surface area contributed by atoms with Crippen molar-refractivity contribution in [3.63, 3.8) is 0 Å². The van der Waals surface area contributed by atoms with Gasteiger partial charge in [-0.3, -0.25) is 0 Å². The van der Waals surface area contributed by atoms with Gasteiger partial charge in [-0.05, 0) is 48.4 Å². The fourth-order valence-electron chi connectivity index (χ4n) is 1.56. The Labute approximate surface area is 105 Å². The Kier molecular flexibility index (Phi) is 3.55. The van der Waals surface area contributed by atoms with Crippen molar-refractivity contribution < 1.29 is 9.84 Å². The molecule has 2 nitrogen and oxygen atoms in total. The van der Waals surface area contributed by atoms with Crippen molar-refractivity contribution >= 4 is 11.6 Å². The molecule has 0 atom stereocenters.